The van der Waals surface area contributed by atoms with Crippen molar-refractivity contribution < 1.29 is 27.5 Å². The SMILES string of the molecule is C=CCNS(=O)(=O)c1ccc(C(=O)OC(C)C(=O)NC2CCOc3ccccc32)cc1. The summed E-state index contributed by atoms with van der Waals surface area (Å²) in [5.74, 6) is -0.428. The van der Waals surface area contributed by atoms with Crippen LogP contribution >= 0.6 is 0 Å². The zero-order valence-corrected chi connectivity index (χ0v) is 17.9. The molecule has 2 aromatic carbocycles. The summed E-state index contributed by atoms with van der Waals surface area (Å²) in [6.07, 6.45) is 1.01. The van der Waals surface area contributed by atoms with Crippen LogP contribution in [0.5, 0.6) is 5.75 Å². The van der Waals surface area contributed by atoms with E-state index in [4.69, 9.17) is 9.47 Å². The zero-order valence-electron chi connectivity index (χ0n) is 17.0. The Balaban J connectivity index is 1.60. The molecular weight excluding hydrogens is 420 g/mol. The first-order chi connectivity index (χ1) is 14.8. The average Bonchev–Trinajstić information content (AvgIpc) is 2.78. The van der Waals surface area contributed by atoms with Gasteiger partial charge in [-0.2, -0.15) is 0 Å². The molecule has 2 atom stereocenters. The van der Waals surface area contributed by atoms with Gasteiger partial charge in [-0.05, 0) is 37.3 Å². The Hall–Kier alpha value is -3.17. The zero-order chi connectivity index (χ0) is 22.4. The van der Waals surface area contributed by atoms with E-state index < -0.39 is 28.0 Å². The molecule has 1 heterocycles. The number of amides is 1. The van der Waals surface area contributed by atoms with Gasteiger partial charge in [-0.25, -0.2) is 17.9 Å². The van der Waals surface area contributed by atoms with Gasteiger partial charge in [0.1, 0.15) is 5.75 Å². The number of rotatable bonds is 8. The van der Waals surface area contributed by atoms with Crippen molar-refractivity contribution in [3.8, 4) is 5.75 Å². The normalized spacial score (nSPS) is 16.4. The fourth-order valence-electron chi connectivity index (χ4n) is 3.09. The molecule has 164 valence electrons. The third kappa shape index (κ3) is 5.50. The lowest BCUT2D eigenvalue weighted by atomic mass is 10.0. The molecule has 2 unspecified atom stereocenters. The first kappa shape index (κ1) is 22.5. The molecule has 1 aliphatic rings. The molecule has 0 aromatic heterocycles. The smallest absolute Gasteiger partial charge is 0.338 e. The molecule has 0 saturated heterocycles. The largest absolute Gasteiger partial charge is 0.493 e. The minimum absolute atomic E-state index is 0.00914. The minimum Gasteiger partial charge on any atom is -0.493 e. The quantitative estimate of drug-likeness (QED) is 0.478. The fraction of sp³-hybridized carbons (Fsp3) is 0.273. The van der Waals surface area contributed by atoms with Crippen LogP contribution in [0.1, 0.15) is 35.3 Å². The number of hydrogen-bond donors (Lipinski definition) is 2. The number of carbonyl (C=O) groups excluding carboxylic acids is 2. The van der Waals surface area contributed by atoms with Crippen molar-refractivity contribution >= 4 is 21.9 Å². The molecule has 0 aliphatic carbocycles. The number of carbonyl (C=O) groups is 2. The highest BCUT2D eigenvalue weighted by atomic mass is 32.2. The van der Waals surface area contributed by atoms with Crippen LogP contribution in [-0.4, -0.2) is 39.5 Å². The van der Waals surface area contributed by atoms with Gasteiger partial charge in [-0.15, -0.1) is 6.58 Å². The number of fused-ring (bicyclic) bond motifs is 1. The van der Waals surface area contributed by atoms with Crippen molar-refractivity contribution in [3.63, 3.8) is 0 Å². The molecule has 2 N–H and O–H groups in total. The monoisotopic (exact) mass is 444 g/mol. The van der Waals surface area contributed by atoms with Crippen LogP contribution in [-0.2, 0) is 19.6 Å². The van der Waals surface area contributed by atoms with E-state index in [2.05, 4.69) is 16.6 Å². The Kier molecular flexibility index (Phi) is 7.09. The molecule has 0 spiro atoms. The van der Waals surface area contributed by atoms with Crippen molar-refractivity contribution in [2.75, 3.05) is 13.2 Å². The van der Waals surface area contributed by atoms with Crippen LogP contribution in [0.25, 0.3) is 0 Å². The number of ether oxygens (including phenoxy) is 2. The molecule has 9 heteroatoms. The van der Waals surface area contributed by atoms with Gasteiger partial charge in [0, 0.05) is 18.5 Å². The maximum absolute atomic E-state index is 12.5. The predicted molar refractivity (Wildman–Crippen MR) is 114 cm³/mol. The third-order valence-electron chi connectivity index (χ3n) is 4.75. The highest BCUT2D eigenvalue weighted by Gasteiger charge is 2.26. The van der Waals surface area contributed by atoms with Gasteiger partial charge in [-0.1, -0.05) is 24.3 Å². The van der Waals surface area contributed by atoms with E-state index >= 15 is 0 Å². The van der Waals surface area contributed by atoms with Crippen molar-refractivity contribution in [1.82, 2.24) is 10.0 Å². The highest BCUT2D eigenvalue weighted by molar-refractivity contribution is 7.89. The maximum atomic E-state index is 12.5. The summed E-state index contributed by atoms with van der Waals surface area (Å²) in [4.78, 5) is 24.9. The Morgan fingerprint density at radius 3 is 2.65 bits per heavy atom. The van der Waals surface area contributed by atoms with Gasteiger partial charge in [-0.3, -0.25) is 4.79 Å². The Morgan fingerprint density at radius 2 is 1.94 bits per heavy atom. The first-order valence-electron chi connectivity index (χ1n) is 9.75. The first-order valence-corrected chi connectivity index (χ1v) is 11.2. The lowest BCUT2D eigenvalue weighted by molar-refractivity contribution is -0.130. The van der Waals surface area contributed by atoms with E-state index in [1.165, 1.54) is 37.3 Å². The van der Waals surface area contributed by atoms with Gasteiger partial charge in [0.25, 0.3) is 5.91 Å². The van der Waals surface area contributed by atoms with Gasteiger partial charge >= 0.3 is 5.97 Å². The molecular formula is C22H24N2O6S. The van der Waals surface area contributed by atoms with Crippen LogP contribution in [0.3, 0.4) is 0 Å². The summed E-state index contributed by atoms with van der Waals surface area (Å²) in [5, 5.41) is 2.89. The second-order valence-corrected chi connectivity index (χ2v) is 8.72. The molecule has 2 aromatic rings. The van der Waals surface area contributed by atoms with E-state index in [0.29, 0.717) is 13.0 Å². The number of esters is 1. The number of sulfonamides is 1. The average molecular weight is 445 g/mol. The Morgan fingerprint density at radius 1 is 1.23 bits per heavy atom. The second kappa shape index (κ2) is 9.76. The molecule has 0 fully saturated rings. The van der Waals surface area contributed by atoms with E-state index in [1.807, 2.05) is 24.3 Å². The second-order valence-electron chi connectivity index (χ2n) is 6.95. The summed E-state index contributed by atoms with van der Waals surface area (Å²) in [6.45, 7) is 5.51. The number of nitrogens with one attached hydrogen (secondary N) is 2. The number of benzene rings is 2. The summed E-state index contributed by atoms with van der Waals surface area (Å²) in [5.41, 5.74) is 1.02. The summed E-state index contributed by atoms with van der Waals surface area (Å²) >= 11 is 0. The van der Waals surface area contributed by atoms with E-state index in [0.717, 1.165) is 11.3 Å². The Labute approximate surface area is 181 Å². The lowest BCUT2D eigenvalue weighted by Crippen LogP contribution is -2.39. The molecule has 8 nitrogen and oxygen atoms in total. The molecule has 1 aliphatic heterocycles. The molecule has 3 rings (SSSR count). The van der Waals surface area contributed by atoms with Gasteiger partial charge < -0.3 is 14.8 Å². The van der Waals surface area contributed by atoms with Gasteiger partial charge in [0.2, 0.25) is 10.0 Å². The molecule has 1 amide bonds. The Bertz CT molecular complexity index is 1070. The van der Waals surface area contributed by atoms with Crippen LogP contribution in [0.4, 0.5) is 0 Å². The van der Waals surface area contributed by atoms with Gasteiger partial charge in [0.15, 0.2) is 6.10 Å². The fourth-order valence-corrected chi connectivity index (χ4v) is 4.08. The van der Waals surface area contributed by atoms with Crippen LogP contribution < -0.4 is 14.8 Å². The third-order valence-corrected chi connectivity index (χ3v) is 6.19. The summed E-state index contributed by atoms with van der Waals surface area (Å²) in [7, 11) is -3.69. The van der Waals surface area contributed by atoms with Crippen molar-refractivity contribution in [3.05, 3.63) is 72.3 Å². The van der Waals surface area contributed by atoms with Gasteiger partial charge in [0.05, 0.1) is 23.1 Å². The summed E-state index contributed by atoms with van der Waals surface area (Å²) < 4.78 is 37.3. The van der Waals surface area contributed by atoms with Crippen molar-refractivity contribution in [2.24, 2.45) is 0 Å². The highest BCUT2D eigenvalue weighted by Crippen LogP contribution is 2.31. The van der Waals surface area contributed by atoms with E-state index in [9.17, 15) is 18.0 Å². The molecule has 31 heavy (non-hydrogen) atoms. The van der Waals surface area contributed by atoms with Crippen LogP contribution in [0.2, 0.25) is 0 Å². The van der Waals surface area contributed by atoms with Crippen molar-refractivity contribution in [1.29, 1.82) is 0 Å². The lowest BCUT2D eigenvalue weighted by Gasteiger charge is -2.27. The molecule has 0 saturated carbocycles. The van der Waals surface area contributed by atoms with E-state index in [1.54, 1.807) is 0 Å². The van der Waals surface area contributed by atoms with Crippen LogP contribution in [0.15, 0.2) is 66.1 Å². The minimum atomic E-state index is -3.69. The topological polar surface area (TPSA) is 111 Å². The summed E-state index contributed by atoms with van der Waals surface area (Å²) in [6, 6.07) is 12.5. The molecule has 0 bridgehead atoms. The number of para-hydroxylation sites is 1. The van der Waals surface area contributed by atoms with Crippen molar-refractivity contribution in [2.45, 2.75) is 30.4 Å². The standard InChI is InChI=1S/C22H24N2O6S/c1-3-13-23-31(27,28)17-10-8-16(9-11-17)22(26)30-15(2)21(25)24-19-12-14-29-20-7-5-4-6-18(19)20/h3-11,15,19,23H,1,12-14H2,2H3,(H,24,25). The van der Waals surface area contributed by atoms with Crippen LogP contribution in [0, 0.1) is 0 Å². The maximum Gasteiger partial charge on any atom is 0.338 e. The predicted octanol–water partition coefficient (Wildman–Crippen LogP) is 2.34. The molecule has 0 radical (unpaired) electrons. The van der Waals surface area contributed by atoms with E-state index in [-0.39, 0.29) is 23.0 Å². The number of hydrogen-bond acceptors (Lipinski definition) is 6.